The first-order valence-electron chi connectivity index (χ1n) is 5.17. The van der Waals surface area contributed by atoms with Crippen LogP contribution in [0.4, 0.5) is 0 Å². The van der Waals surface area contributed by atoms with E-state index >= 15 is 0 Å². The van der Waals surface area contributed by atoms with Crippen molar-refractivity contribution in [1.29, 1.82) is 0 Å². The van der Waals surface area contributed by atoms with Crippen molar-refractivity contribution in [3.05, 3.63) is 0 Å². The predicted molar refractivity (Wildman–Crippen MR) is 60.5 cm³/mol. The number of hydrogen-bond acceptors (Lipinski definition) is 2. The van der Waals surface area contributed by atoms with Crippen LogP contribution in [0.5, 0.6) is 0 Å². The van der Waals surface area contributed by atoms with Crippen LogP contribution in [0.3, 0.4) is 0 Å². The van der Waals surface area contributed by atoms with Crippen molar-refractivity contribution in [3.8, 4) is 0 Å². The lowest BCUT2D eigenvalue weighted by molar-refractivity contribution is 0.546. The summed E-state index contributed by atoms with van der Waals surface area (Å²) in [7, 11) is -0.704. The van der Waals surface area contributed by atoms with E-state index < -0.39 is 10.8 Å². The Hall–Kier alpha value is 0.110. The highest BCUT2D eigenvalue weighted by Crippen LogP contribution is 2.10. The maximum atomic E-state index is 11.9. The largest absolute Gasteiger partial charge is 0.313 e. The maximum absolute atomic E-state index is 11.9. The molecule has 0 heterocycles. The Kier molecular flexibility index (Phi) is 6.60. The molecule has 80 valence electrons. The highest BCUT2D eigenvalue weighted by molar-refractivity contribution is 7.86. The van der Waals surface area contributed by atoms with E-state index in [4.69, 9.17) is 0 Å². The third kappa shape index (κ3) is 4.23. The summed E-state index contributed by atoms with van der Waals surface area (Å²) in [6.07, 6.45) is 0.996. The van der Waals surface area contributed by atoms with E-state index in [-0.39, 0.29) is 5.25 Å². The fourth-order valence-electron chi connectivity index (χ4n) is 1.22. The molecule has 0 amide bonds. The molecule has 0 aliphatic rings. The van der Waals surface area contributed by atoms with E-state index in [2.05, 4.69) is 39.9 Å². The fraction of sp³-hybridized carbons (Fsp3) is 1.00. The van der Waals surface area contributed by atoms with Crippen LogP contribution in [-0.2, 0) is 10.8 Å². The lowest BCUT2D eigenvalue weighted by Crippen LogP contribution is -2.40. The first kappa shape index (κ1) is 13.1. The van der Waals surface area contributed by atoms with Crippen LogP contribution in [0, 0.1) is 0 Å². The molecule has 0 aliphatic heterocycles. The van der Waals surface area contributed by atoms with Gasteiger partial charge in [0.05, 0.1) is 0 Å². The molecule has 13 heavy (non-hydrogen) atoms. The van der Waals surface area contributed by atoms with E-state index in [0.29, 0.717) is 11.3 Å². The van der Waals surface area contributed by atoms with Crippen molar-refractivity contribution in [1.82, 2.24) is 5.32 Å². The summed E-state index contributed by atoms with van der Waals surface area (Å²) in [5.41, 5.74) is 0. The predicted octanol–water partition coefficient (Wildman–Crippen LogP) is 1.92. The normalized spacial score (nSPS) is 20.7. The van der Waals surface area contributed by atoms with E-state index in [9.17, 15) is 4.21 Å². The van der Waals surface area contributed by atoms with Gasteiger partial charge in [-0.25, -0.2) is 0 Å². The van der Waals surface area contributed by atoms with Crippen LogP contribution in [-0.4, -0.2) is 27.3 Å². The van der Waals surface area contributed by atoms with Gasteiger partial charge in [0.15, 0.2) is 0 Å². The molecule has 0 saturated heterocycles. The van der Waals surface area contributed by atoms with Gasteiger partial charge in [0.25, 0.3) is 0 Å². The van der Waals surface area contributed by atoms with Gasteiger partial charge in [-0.2, -0.15) is 0 Å². The minimum atomic E-state index is -0.704. The molecule has 0 aliphatic carbocycles. The van der Waals surface area contributed by atoms with Gasteiger partial charge < -0.3 is 5.32 Å². The summed E-state index contributed by atoms with van der Waals surface area (Å²) >= 11 is 0. The van der Waals surface area contributed by atoms with Crippen LogP contribution in [0.15, 0.2) is 0 Å². The van der Waals surface area contributed by atoms with Crippen molar-refractivity contribution in [2.75, 3.05) is 6.54 Å². The third-order valence-electron chi connectivity index (χ3n) is 2.57. The average Bonchev–Trinajstić information content (AvgIpc) is 2.14. The Bertz CT molecular complexity index is 161. The van der Waals surface area contributed by atoms with Crippen molar-refractivity contribution in [2.45, 2.75) is 57.6 Å². The maximum Gasteiger partial charge on any atom is 0.0473 e. The molecule has 4 unspecified atom stereocenters. The van der Waals surface area contributed by atoms with Gasteiger partial charge in [-0.05, 0) is 26.8 Å². The molecule has 0 aromatic heterocycles. The highest BCUT2D eigenvalue weighted by Gasteiger charge is 2.21. The molecule has 0 aromatic rings. The van der Waals surface area contributed by atoms with Crippen molar-refractivity contribution in [3.63, 3.8) is 0 Å². The summed E-state index contributed by atoms with van der Waals surface area (Å²) < 4.78 is 11.9. The van der Waals surface area contributed by atoms with Gasteiger partial charge >= 0.3 is 0 Å². The van der Waals surface area contributed by atoms with Gasteiger partial charge in [-0.3, -0.25) is 4.21 Å². The Morgan fingerprint density at radius 2 is 1.77 bits per heavy atom. The zero-order chi connectivity index (χ0) is 10.4. The summed E-state index contributed by atoms with van der Waals surface area (Å²) in [6, 6.07) is 0.347. The molecule has 0 aromatic carbocycles. The molecule has 0 rings (SSSR count). The number of hydrogen-bond donors (Lipinski definition) is 1. The molecular formula is C10H23NOS. The standard InChI is InChI=1S/C10H23NOS/c1-6-8(3)13(12)10(5)9(4)11-7-2/h8-11H,6-7H2,1-5H3. The Balaban J connectivity index is 4.08. The highest BCUT2D eigenvalue weighted by atomic mass is 32.2. The minimum absolute atomic E-state index is 0.245. The molecule has 2 nitrogen and oxygen atoms in total. The Morgan fingerprint density at radius 1 is 1.23 bits per heavy atom. The molecule has 1 N–H and O–H groups in total. The first-order valence-corrected chi connectivity index (χ1v) is 6.44. The van der Waals surface area contributed by atoms with Gasteiger partial charge in [-0.15, -0.1) is 0 Å². The van der Waals surface area contributed by atoms with Crippen LogP contribution in [0.1, 0.15) is 41.0 Å². The molecule has 0 fully saturated rings. The second-order valence-corrected chi connectivity index (χ2v) is 5.80. The topological polar surface area (TPSA) is 29.1 Å². The van der Waals surface area contributed by atoms with Gasteiger partial charge in [0.1, 0.15) is 0 Å². The van der Waals surface area contributed by atoms with E-state index in [0.717, 1.165) is 13.0 Å². The molecule has 0 bridgehead atoms. The molecular weight excluding hydrogens is 182 g/mol. The zero-order valence-corrected chi connectivity index (χ0v) is 10.3. The summed E-state index contributed by atoms with van der Waals surface area (Å²) in [4.78, 5) is 0. The molecule has 0 spiro atoms. The molecule has 4 atom stereocenters. The Morgan fingerprint density at radius 3 is 2.15 bits per heavy atom. The van der Waals surface area contributed by atoms with E-state index in [1.54, 1.807) is 0 Å². The van der Waals surface area contributed by atoms with Crippen molar-refractivity contribution >= 4 is 10.8 Å². The quantitative estimate of drug-likeness (QED) is 0.718. The zero-order valence-electron chi connectivity index (χ0n) is 9.46. The summed E-state index contributed by atoms with van der Waals surface area (Å²) in [5.74, 6) is 0. The average molecular weight is 205 g/mol. The Labute approximate surface area is 84.9 Å². The summed E-state index contributed by atoms with van der Waals surface area (Å²) in [6.45, 7) is 11.3. The van der Waals surface area contributed by atoms with Crippen LogP contribution in [0.2, 0.25) is 0 Å². The van der Waals surface area contributed by atoms with Gasteiger partial charge in [0, 0.05) is 27.3 Å². The first-order chi connectivity index (χ1) is 6.04. The fourth-order valence-corrected chi connectivity index (χ4v) is 2.78. The number of rotatable bonds is 6. The van der Waals surface area contributed by atoms with Crippen molar-refractivity contribution < 1.29 is 4.21 Å². The second-order valence-electron chi connectivity index (χ2n) is 3.60. The van der Waals surface area contributed by atoms with Gasteiger partial charge in [0.2, 0.25) is 0 Å². The van der Waals surface area contributed by atoms with Crippen LogP contribution >= 0.6 is 0 Å². The molecule has 3 heteroatoms. The van der Waals surface area contributed by atoms with Crippen molar-refractivity contribution in [2.24, 2.45) is 0 Å². The van der Waals surface area contributed by atoms with Crippen LogP contribution < -0.4 is 5.32 Å². The SMILES string of the molecule is CCNC(C)C(C)S(=O)C(C)CC. The second kappa shape index (κ2) is 6.55. The third-order valence-corrected chi connectivity index (χ3v) is 4.84. The lowest BCUT2D eigenvalue weighted by atomic mass is 10.2. The lowest BCUT2D eigenvalue weighted by Gasteiger charge is -2.22. The van der Waals surface area contributed by atoms with Gasteiger partial charge in [-0.1, -0.05) is 20.8 Å². The van der Waals surface area contributed by atoms with Crippen LogP contribution in [0.25, 0.3) is 0 Å². The monoisotopic (exact) mass is 205 g/mol. The van der Waals surface area contributed by atoms with E-state index in [1.807, 2.05) is 0 Å². The van der Waals surface area contributed by atoms with E-state index in [1.165, 1.54) is 0 Å². The summed E-state index contributed by atoms with van der Waals surface area (Å²) in [5, 5.41) is 3.87. The minimum Gasteiger partial charge on any atom is -0.313 e. The number of nitrogens with one attached hydrogen (secondary N) is 1. The smallest absolute Gasteiger partial charge is 0.0473 e. The molecule has 0 radical (unpaired) electrons. The molecule has 0 saturated carbocycles.